The minimum atomic E-state index is -0.739. The molecule has 0 N–H and O–H groups in total. The number of esters is 2. The van der Waals surface area contributed by atoms with Crippen LogP contribution in [0.5, 0.6) is 5.88 Å². The fourth-order valence-electron chi connectivity index (χ4n) is 1.46. The summed E-state index contributed by atoms with van der Waals surface area (Å²) in [4.78, 5) is 27.6. The van der Waals surface area contributed by atoms with Gasteiger partial charge in [-0.3, -0.25) is 0 Å². The first-order valence-electron chi connectivity index (χ1n) is 6.18. The van der Waals surface area contributed by atoms with Crippen LogP contribution in [0, 0.1) is 0 Å². The van der Waals surface area contributed by atoms with Crippen LogP contribution in [0.3, 0.4) is 0 Å². The van der Waals surface area contributed by atoms with Crippen molar-refractivity contribution in [2.24, 2.45) is 0 Å². The number of methoxy groups -OCH3 is 1. The average molecular weight is 279 g/mol. The zero-order chi connectivity index (χ0) is 15.0. The van der Waals surface area contributed by atoms with Crippen molar-refractivity contribution in [2.45, 2.75) is 13.8 Å². The number of carbonyl (C=O) groups excluding carboxylic acids is 2. The van der Waals surface area contributed by atoms with Crippen molar-refractivity contribution in [3.63, 3.8) is 0 Å². The molecule has 20 heavy (non-hydrogen) atoms. The maximum atomic E-state index is 11.8. The number of carbonyl (C=O) groups is 2. The minimum absolute atomic E-state index is 0.166. The van der Waals surface area contributed by atoms with E-state index in [1.54, 1.807) is 32.2 Å². The second-order valence-electron chi connectivity index (χ2n) is 3.60. The number of nitrogens with zero attached hydrogens (tertiary/aromatic N) is 1. The molecule has 0 unspecified atom stereocenters. The summed E-state index contributed by atoms with van der Waals surface area (Å²) < 4.78 is 14.8. The Hall–Kier alpha value is -2.37. The van der Waals surface area contributed by atoms with Crippen molar-refractivity contribution in [1.29, 1.82) is 0 Å². The zero-order valence-electron chi connectivity index (χ0n) is 11.7. The Morgan fingerprint density at radius 2 is 1.80 bits per heavy atom. The number of pyridine rings is 1. The lowest BCUT2D eigenvalue weighted by atomic mass is 10.1. The first-order chi connectivity index (χ1) is 9.63. The third-order valence-corrected chi connectivity index (χ3v) is 2.28. The van der Waals surface area contributed by atoms with E-state index in [4.69, 9.17) is 14.2 Å². The van der Waals surface area contributed by atoms with E-state index in [9.17, 15) is 9.59 Å². The van der Waals surface area contributed by atoms with E-state index in [-0.39, 0.29) is 18.8 Å². The molecule has 1 rings (SSSR count). The van der Waals surface area contributed by atoms with Crippen LogP contribution in [0.2, 0.25) is 0 Å². The van der Waals surface area contributed by atoms with Crippen LogP contribution in [0.1, 0.15) is 19.4 Å². The van der Waals surface area contributed by atoms with E-state index in [0.29, 0.717) is 11.4 Å². The molecule has 1 heterocycles. The highest BCUT2D eigenvalue weighted by Gasteiger charge is 2.21. The molecular weight excluding hydrogens is 262 g/mol. The minimum Gasteiger partial charge on any atom is -0.481 e. The van der Waals surface area contributed by atoms with Gasteiger partial charge in [-0.2, -0.15) is 0 Å². The maximum absolute atomic E-state index is 11.8. The van der Waals surface area contributed by atoms with E-state index in [2.05, 4.69) is 4.98 Å². The molecule has 0 amide bonds. The highest BCUT2D eigenvalue weighted by molar-refractivity contribution is 6.17. The van der Waals surface area contributed by atoms with E-state index in [1.807, 2.05) is 0 Å². The molecule has 0 radical (unpaired) electrons. The van der Waals surface area contributed by atoms with Crippen LogP contribution in [-0.2, 0) is 19.1 Å². The summed E-state index contributed by atoms with van der Waals surface area (Å²) >= 11 is 0. The van der Waals surface area contributed by atoms with Crippen LogP contribution in [-0.4, -0.2) is 37.2 Å². The number of hydrogen-bond acceptors (Lipinski definition) is 6. The van der Waals surface area contributed by atoms with Gasteiger partial charge in [0.2, 0.25) is 5.88 Å². The van der Waals surface area contributed by atoms with E-state index >= 15 is 0 Å². The largest absolute Gasteiger partial charge is 0.481 e. The summed E-state index contributed by atoms with van der Waals surface area (Å²) in [6.45, 7) is 3.65. The summed E-state index contributed by atoms with van der Waals surface area (Å²) in [6.07, 6.45) is 2.90. The number of hydrogen-bond donors (Lipinski definition) is 0. The molecule has 0 saturated carbocycles. The highest BCUT2D eigenvalue weighted by Crippen LogP contribution is 2.18. The Balaban J connectivity index is 3.17. The van der Waals surface area contributed by atoms with E-state index < -0.39 is 11.9 Å². The Morgan fingerprint density at radius 3 is 2.30 bits per heavy atom. The molecule has 0 aromatic carbocycles. The van der Waals surface area contributed by atoms with Gasteiger partial charge in [-0.15, -0.1) is 0 Å². The van der Waals surface area contributed by atoms with Crippen molar-refractivity contribution in [1.82, 2.24) is 4.98 Å². The fraction of sp³-hybridized carbons (Fsp3) is 0.357. The SMILES string of the molecule is CCOC(=O)C(=Cc1cccnc1OC)C(=O)OCC. The van der Waals surface area contributed by atoms with E-state index in [1.165, 1.54) is 13.2 Å². The molecule has 0 aliphatic carbocycles. The molecule has 0 aliphatic rings. The van der Waals surface area contributed by atoms with Gasteiger partial charge in [0.1, 0.15) is 5.57 Å². The predicted octanol–water partition coefficient (Wildman–Crippen LogP) is 1.60. The molecule has 6 nitrogen and oxygen atoms in total. The normalized spacial score (nSPS) is 9.55. The molecule has 1 aromatic rings. The Labute approximate surface area is 117 Å². The third-order valence-electron chi connectivity index (χ3n) is 2.28. The maximum Gasteiger partial charge on any atom is 0.345 e. The summed E-state index contributed by atoms with van der Waals surface area (Å²) in [5.41, 5.74) is 0.297. The molecule has 0 fully saturated rings. The first-order valence-corrected chi connectivity index (χ1v) is 6.18. The molecule has 6 heteroatoms. The number of aromatic nitrogens is 1. The van der Waals surface area contributed by atoms with Gasteiger partial charge in [0.15, 0.2) is 0 Å². The van der Waals surface area contributed by atoms with Gasteiger partial charge in [0.25, 0.3) is 0 Å². The van der Waals surface area contributed by atoms with Crippen molar-refractivity contribution in [2.75, 3.05) is 20.3 Å². The van der Waals surface area contributed by atoms with Crippen LogP contribution in [0.15, 0.2) is 23.9 Å². The number of rotatable bonds is 6. The van der Waals surface area contributed by atoms with Gasteiger partial charge in [-0.05, 0) is 32.1 Å². The average Bonchev–Trinajstić information content (AvgIpc) is 2.45. The lowest BCUT2D eigenvalue weighted by Crippen LogP contribution is -2.18. The van der Waals surface area contributed by atoms with Gasteiger partial charge in [-0.25, -0.2) is 14.6 Å². The standard InChI is InChI=1S/C14H17NO5/c1-4-19-13(16)11(14(17)20-5-2)9-10-7-6-8-15-12(10)18-3/h6-9H,4-5H2,1-3H3. The molecular formula is C14H17NO5. The predicted molar refractivity (Wildman–Crippen MR) is 72.0 cm³/mol. The molecule has 0 atom stereocenters. The molecule has 1 aromatic heterocycles. The van der Waals surface area contributed by atoms with E-state index in [0.717, 1.165) is 0 Å². The van der Waals surface area contributed by atoms with Gasteiger partial charge < -0.3 is 14.2 Å². The molecule has 0 spiro atoms. The second-order valence-corrected chi connectivity index (χ2v) is 3.60. The van der Waals surface area contributed by atoms with Crippen molar-refractivity contribution in [3.8, 4) is 5.88 Å². The molecule has 0 bridgehead atoms. The lowest BCUT2D eigenvalue weighted by molar-refractivity contribution is -0.146. The monoisotopic (exact) mass is 279 g/mol. The molecule has 0 saturated heterocycles. The quantitative estimate of drug-likeness (QED) is 0.341. The van der Waals surface area contributed by atoms with Gasteiger partial charge >= 0.3 is 11.9 Å². The highest BCUT2D eigenvalue weighted by atomic mass is 16.6. The summed E-state index contributed by atoms with van der Waals surface area (Å²) in [7, 11) is 1.45. The second kappa shape index (κ2) is 7.93. The summed E-state index contributed by atoms with van der Waals surface area (Å²) in [5, 5.41) is 0. The summed E-state index contributed by atoms with van der Waals surface area (Å²) in [6, 6.07) is 3.34. The lowest BCUT2D eigenvalue weighted by Gasteiger charge is -2.08. The zero-order valence-corrected chi connectivity index (χ0v) is 11.7. The van der Waals surface area contributed by atoms with Crippen LogP contribution in [0.4, 0.5) is 0 Å². The van der Waals surface area contributed by atoms with Gasteiger partial charge in [-0.1, -0.05) is 0 Å². The van der Waals surface area contributed by atoms with Gasteiger partial charge in [0, 0.05) is 11.8 Å². The summed E-state index contributed by atoms with van der Waals surface area (Å²) in [5.74, 6) is -1.17. The van der Waals surface area contributed by atoms with Gasteiger partial charge in [0.05, 0.1) is 20.3 Å². The Kier molecular flexibility index (Phi) is 6.22. The molecule has 0 aliphatic heterocycles. The molecule has 108 valence electrons. The third kappa shape index (κ3) is 4.08. The van der Waals surface area contributed by atoms with Crippen molar-refractivity contribution in [3.05, 3.63) is 29.5 Å². The Morgan fingerprint density at radius 1 is 1.20 bits per heavy atom. The fourth-order valence-corrected chi connectivity index (χ4v) is 1.46. The first kappa shape index (κ1) is 15.7. The van der Waals surface area contributed by atoms with Crippen molar-refractivity contribution < 1.29 is 23.8 Å². The van der Waals surface area contributed by atoms with Crippen molar-refractivity contribution >= 4 is 18.0 Å². The van der Waals surface area contributed by atoms with Crippen LogP contribution < -0.4 is 4.74 Å². The topological polar surface area (TPSA) is 74.7 Å². The Bertz CT molecular complexity index is 490. The van der Waals surface area contributed by atoms with Crippen LogP contribution >= 0.6 is 0 Å². The van der Waals surface area contributed by atoms with Crippen LogP contribution in [0.25, 0.3) is 6.08 Å². The smallest absolute Gasteiger partial charge is 0.345 e. The number of ether oxygens (including phenoxy) is 3.